The Balaban J connectivity index is 1.81. The molecule has 0 aromatic heterocycles. The second kappa shape index (κ2) is 11.6. The quantitative estimate of drug-likeness (QED) is 0.433. The maximum Gasteiger partial charge on any atom is 0.250 e. The fourth-order valence-electron chi connectivity index (χ4n) is 2.59. The second-order valence-corrected chi connectivity index (χ2v) is 6.38. The highest BCUT2D eigenvalue weighted by molar-refractivity contribution is 5.91. The minimum Gasteiger partial charge on any atom is -0.383 e. The van der Waals surface area contributed by atoms with E-state index in [2.05, 4.69) is 16.1 Å². The van der Waals surface area contributed by atoms with Gasteiger partial charge in [0.1, 0.15) is 12.1 Å². The first-order valence-electron chi connectivity index (χ1n) is 9.18. The number of hydroxylamine groups is 1. The highest BCUT2D eigenvalue weighted by Gasteiger charge is 2.25. The van der Waals surface area contributed by atoms with Crippen LogP contribution in [-0.4, -0.2) is 42.0 Å². The summed E-state index contributed by atoms with van der Waals surface area (Å²) in [5.74, 6) is -1.86. The van der Waals surface area contributed by atoms with Crippen LogP contribution in [0.1, 0.15) is 17.5 Å². The summed E-state index contributed by atoms with van der Waals surface area (Å²) in [7, 11) is 1.46. The predicted molar refractivity (Wildman–Crippen MR) is 106 cm³/mol. The highest BCUT2D eigenvalue weighted by Crippen LogP contribution is 2.05. The first kappa shape index (κ1) is 22.1. The number of likely N-dealkylation sites (N-methyl/N-ethyl adjacent to an activating group) is 1. The molecule has 0 aliphatic rings. The second-order valence-electron chi connectivity index (χ2n) is 6.38. The first-order chi connectivity index (χ1) is 14.0. The number of amides is 3. The fraction of sp³-hybridized carbons (Fsp3) is 0.286. The van der Waals surface area contributed by atoms with Crippen molar-refractivity contribution in [2.45, 2.75) is 31.6 Å². The van der Waals surface area contributed by atoms with E-state index < -0.39 is 36.3 Å². The average Bonchev–Trinajstić information content (AvgIpc) is 2.74. The maximum absolute atomic E-state index is 12.2. The summed E-state index contributed by atoms with van der Waals surface area (Å²) in [6.45, 7) is 0.157. The number of benzene rings is 2. The summed E-state index contributed by atoms with van der Waals surface area (Å²) in [4.78, 5) is 41.2. The largest absolute Gasteiger partial charge is 0.383 e. The monoisotopic (exact) mass is 399 g/mol. The predicted octanol–water partition coefficient (Wildman–Crippen LogP) is 0.459. The normalized spacial score (nSPS) is 12.5. The number of carbonyl (C=O) groups is 3. The zero-order valence-electron chi connectivity index (χ0n) is 16.1. The van der Waals surface area contributed by atoms with Gasteiger partial charge < -0.3 is 15.7 Å². The molecule has 0 aliphatic heterocycles. The van der Waals surface area contributed by atoms with E-state index in [9.17, 15) is 19.5 Å². The van der Waals surface area contributed by atoms with Gasteiger partial charge in [-0.05, 0) is 11.1 Å². The molecule has 29 heavy (non-hydrogen) atoms. The van der Waals surface area contributed by atoms with Crippen molar-refractivity contribution in [1.29, 1.82) is 0 Å². The molecule has 8 nitrogen and oxygen atoms in total. The minimum atomic E-state index is -1.61. The molecule has 0 fully saturated rings. The van der Waals surface area contributed by atoms with Gasteiger partial charge in [-0.15, -0.1) is 0 Å². The third-order valence-electron chi connectivity index (χ3n) is 4.11. The Kier molecular flexibility index (Phi) is 8.81. The van der Waals surface area contributed by atoms with E-state index in [1.165, 1.54) is 7.05 Å². The Hall–Kier alpha value is -3.23. The lowest BCUT2D eigenvalue weighted by Gasteiger charge is -2.19. The Labute approximate surface area is 169 Å². The molecule has 2 aromatic carbocycles. The van der Waals surface area contributed by atoms with Crippen molar-refractivity contribution in [2.24, 2.45) is 0 Å². The number of hydrogen-bond acceptors (Lipinski definition) is 5. The van der Waals surface area contributed by atoms with Gasteiger partial charge in [-0.1, -0.05) is 60.7 Å². The van der Waals surface area contributed by atoms with E-state index in [1.54, 1.807) is 0 Å². The summed E-state index contributed by atoms with van der Waals surface area (Å²) in [5, 5.41) is 15.0. The van der Waals surface area contributed by atoms with E-state index in [-0.39, 0.29) is 13.0 Å². The molecule has 2 atom stereocenters. The Morgan fingerprint density at radius 1 is 0.931 bits per heavy atom. The van der Waals surface area contributed by atoms with Crippen molar-refractivity contribution in [2.75, 3.05) is 7.05 Å². The molecule has 0 bridgehead atoms. The summed E-state index contributed by atoms with van der Waals surface area (Å²) >= 11 is 0. The molecule has 0 heterocycles. The van der Waals surface area contributed by atoms with Crippen molar-refractivity contribution >= 4 is 17.7 Å². The highest BCUT2D eigenvalue weighted by atomic mass is 16.6. The molecule has 154 valence electrons. The number of carbonyl (C=O) groups excluding carboxylic acids is 3. The van der Waals surface area contributed by atoms with Gasteiger partial charge in [0, 0.05) is 13.5 Å². The van der Waals surface area contributed by atoms with Crippen molar-refractivity contribution in [1.82, 2.24) is 16.1 Å². The van der Waals surface area contributed by atoms with Gasteiger partial charge in [0.25, 0.3) is 0 Å². The van der Waals surface area contributed by atoms with Gasteiger partial charge in [-0.3, -0.25) is 19.2 Å². The lowest BCUT2D eigenvalue weighted by Crippen LogP contribution is -2.50. The van der Waals surface area contributed by atoms with Crippen LogP contribution in [0.3, 0.4) is 0 Å². The molecule has 4 N–H and O–H groups in total. The van der Waals surface area contributed by atoms with Gasteiger partial charge in [-0.25, -0.2) is 5.48 Å². The van der Waals surface area contributed by atoms with Crippen molar-refractivity contribution in [3.8, 4) is 0 Å². The molecule has 0 radical (unpaired) electrons. The first-order valence-corrected chi connectivity index (χ1v) is 9.18. The number of hydrogen-bond donors (Lipinski definition) is 4. The van der Waals surface area contributed by atoms with Crippen LogP contribution in [0.5, 0.6) is 0 Å². The number of nitrogens with one attached hydrogen (secondary N) is 3. The van der Waals surface area contributed by atoms with Crippen LogP contribution in [0.2, 0.25) is 0 Å². The van der Waals surface area contributed by atoms with Gasteiger partial charge in [0.2, 0.25) is 17.7 Å². The Morgan fingerprint density at radius 3 is 2.10 bits per heavy atom. The summed E-state index contributed by atoms with van der Waals surface area (Å²) in [6.07, 6.45) is -1.85. The molecule has 2 aromatic rings. The minimum absolute atomic E-state index is 0.157. The lowest BCUT2D eigenvalue weighted by atomic mass is 10.0. The van der Waals surface area contributed by atoms with E-state index in [0.29, 0.717) is 0 Å². The smallest absolute Gasteiger partial charge is 0.250 e. The van der Waals surface area contributed by atoms with Crippen LogP contribution in [0.25, 0.3) is 0 Å². The summed E-state index contributed by atoms with van der Waals surface area (Å²) < 4.78 is 0. The van der Waals surface area contributed by atoms with E-state index in [0.717, 1.165) is 11.1 Å². The van der Waals surface area contributed by atoms with Crippen LogP contribution < -0.4 is 16.1 Å². The van der Waals surface area contributed by atoms with E-state index in [4.69, 9.17) is 4.84 Å². The van der Waals surface area contributed by atoms with Gasteiger partial charge >= 0.3 is 0 Å². The zero-order chi connectivity index (χ0) is 21.1. The van der Waals surface area contributed by atoms with Crippen LogP contribution in [-0.2, 0) is 32.2 Å². The molecular weight excluding hydrogens is 374 g/mol. The topological polar surface area (TPSA) is 117 Å². The molecular formula is C21H25N3O5. The third-order valence-corrected chi connectivity index (χ3v) is 4.11. The molecule has 0 saturated carbocycles. The van der Waals surface area contributed by atoms with Gasteiger partial charge in [-0.2, -0.15) is 0 Å². The number of rotatable bonds is 10. The maximum atomic E-state index is 12.2. The fourth-order valence-corrected chi connectivity index (χ4v) is 2.59. The van der Waals surface area contributed by atoms with Crippen LogP contribution in [0.4, 0.5) is 0 Å². The Morgan fingerprint density at radius 2 is 1.52 bits per heavy atom. The summed E-state index contributed by atoms with van der Waals surface area (Å²) in [6, 6.07) is 17.5. The molecule has 3 amide bonds. The zero-order valence-corrected chi connectivity index (χ0v) is 16.1. The molecule has 2 rings (SSSR count). The Bertz CT molecular complexity index is 798. The van der Waals surface area contributed by atoms with Crippen molar-refractivity contribution in [3.63, 3.8) is 0 Å². The van der Waals surface area contributed by atoms with Gasteiger partial charge in [0.05, 0.1) is 13.0 Å². The van der Waals surface area contributed by atoms with Gasteiger partial charge in [0.15, 0.2) is 0 Å². The van der Waals surface area contributed by atoms with Crippen LogP contribution in [0.15, 0.2) is 60.7 Å². The third kappa shape index (κ3) is 7.73. The van der Waals surface area contributed by atoms with E-state index >= 15 is 0 Å². The molecule has 0 unspecified atom stereocenters. The molecule has 0 aliphatic carbocycles. The number of aliphatic hydroxyl groups is 1. The number of aliphatic hydroxyl groups excluding tert-OH is 1. The van der Waals surface area contributed by atoms with Crippen LogP contribution >= 0.6 is 0 Å². The average molecular weight is 399 g/mol. The SMILES string of the molecule is CNC(=O)[C@H](Cc1ccccc1)NC(=O)[C@H](O)CC(=O)NOCc1ccccc1. The summed E-state index contributed by atoms with van der Waals surface area (Å²) in [5.41, 5.74) is 3.90. The molecule has 0 saturated heterocycles. The molecule has 8 heteroatoms. The standard InChI is InChI=1S/C21H25N3O5/c1-22-20(27)17(12-15-8-4-2-5-9-15)23-21(28)18(25)13-19(26)24-29-14-16-10-6-3-7-11-16/h2-11,17-18,25H,12-14H2,1H3,(H,22,27)(H,23,28)(H,24,26)/t17-,18+/m0/s1. The van der Waals surface area contributed by atoms with Crippen LogP contribution in [0, 0.1) is 0 Å². The van der Waals surface area contributed by atoms with Crippen molar-refractivity contribution in [3.05, 3.63) is 71.8 Å². The lowest BCUT2D eigenvalue weighted by molar-refractivity contribution is -0.142. The van der Waals surface area contributed by atoms with Crippen molar-refractivity contribution < 1.29 is 24.3 Å². The van der Waals surface area contributed by atoms with E-state index in [1.807, 2.05) is 60.7 Å². The molecule has 0 spiro atoms.